The lowest BCUT2D eigenvalue weighted by atomic mass is 10.1. The minimum Gasteiger partial charge on any atom is -0.490 e. The Morgan fingerprint density at radius 2 is 1.58 bits per heavy atom. The van der Waals surface area contributed by atoms with Crippen LogP contribution in [0.3, 0.4) is 0 Å². The van der Waals surface area contributed by atoms with Crippen LogP contribution in [-0.2, 0) is 22.6 Å². The van der Waals surface area contributed by atoms with Crippen molar-refractivity contribution in [2.75, 3.05) is 11.5 Å². The molecular weight excluding hydrogens is 548 g/mol. The maximum atomic E-state index is 13.3. The Morgan fingerprint density at radius 1 is 0.895 bits per heavy atom. The van der Waals surface area contributed by atoms with E-state index in [2.05, 4.69) is 39.4 Å². The van der Waals surface area contributed by atoms with Gasteiger partial charge in [-0.1, -0.05) is 48.4 Å². The van der Waals surface area contributed by atoms with Crippen molar-refractivity contribution in [1.29, 1.82) is 0 Å². The van der Waals surface area contributed by atoms with Crippen LogP contribution in [0, 0.1) is 13.8 Å². The summed E-state index contributed by atoms with van der Waals surface area (Å²) in [5.74, 6) is -0.483. The second kappa shape index (κ2) is 11.6. The van der Waals surface area contributed by atoms with Crippen LogP contribution in [0.25, 0.3) is 6.08 Å². The van der Waals surface area contributed by atoms with Gasteiger partial charge in [-0.05, 0) is 90.2 Å². The standard InChI is InChI=1S/C30H29BrN2O5/c1-5-20-7-9-23(10-8-20)33-29(35)24(28(34)32-30(33)36)14-21-15-25(31)27(26(16-21)37-6-2)38-17-22-12-18(3)11-19(4)13-22/h7-16H,5-6,17H2,1-4H3,(H,32,34,36)/b24-14+. The summed E-state index contributed by atoms with van der Waals surface area (Å²) < 4.78 is 12.6. The number of nitrogens with one attached hydrogen (secondary N) is 1. The second-order valence-electron chi connectivity index (χ2n) is 9.03. The number of barbiturate groups is 1. The predicted molar refractivity (Wildman–Crippen MR) is 150 cm³/mol. The number of imide groups is 2. The number of carbonyl (C=O) groups is 3. The minimum absolute atomic E-state index is 0.164. The molecule has 8 heteroatoms. The van der Waals surface area contributed by atoms with Crippen LogP contribution >= 0.6 is 15.9 Å². The van der Waals surface area contributed by atoms with E-state index in [4.69, 9.17) is 9.47 Å². The molecule has 1 saturated heterocycles. The molecular formula is C30H29BrN2O5. The summed E-state index contributed by atoms with van der Waals surface area (Å²) in [6.45, 7) is 8.69. The molecule has 0 aromatic heterocycles. The van der Waals surface area contributed by atoms with Gasteiger partial charge in [0.25, 0.3) is 11.8 Å². The van der Waals surface area contributed by atoms with E-state index in [1.807, 2.05) is 39.8 Å². The van der Waals surface area contributed by atoms with E-state index in [0.29, 0.717) is 40.4 Å². The van der Waals surface area contributed by atoms with Gasteiger partial charge in [0.1, 0.15) is 12.2 Å². The maximum absolute atomic E-state index is 13.3. The van der Waals surface area contributed by atoms with Gasteiger partial charge in [0.05, 0.1) is 16.8 Å². The van der Waals surface area contributed by atoms with Gasteiger partial charge in [0, 0.05) is 0 Å². The number of aryl methyl sites for hydroxylation is 3. The van der Waals surface area contributed by atoms with Gasteiger partial charge in [0.2, 0.25) is 0 Å². The average Bonchev–Trinajstić information content (AvgIpc) is 2.86. The molecule has 1 fully saturated rings. The maximum Gasteiger partial charge on any atom is 0.335 e. The molecule has 3 aromatic rings. The molecule has 7 nitrogen and oxygen atoms in total. The molecule has 1 N–H and O–H groups in total. The van der Waals surface area contributed by atoms with E-state index in [-0.39, 0.29) is 5.57 Å². The molecule has 0 spiro atoms. The Bertz CT molecular complexity index is 1410. The third-order valence-electron chi connectivity index (χ3n) is 6.01. The van der Waals surface area contributed by atoms with Crippen molar-refractivity contribution in [3.63, 3.8) is 0 Å². The first-order valence-electron chi connectivity index (χ1n) is 12.4. The number of benzene rings is 3. The van der Waals surface area contributed by atoms with Gasteiger partial charge >= 0.3 is 6.03 Å². The summed E-state index contributed by atoms with van der Waals surface area (Å²) in [6.07, 6.45) is 2.27. The highest BCUT2D eigenvalue weighted by molar-refractivity contribution is 9.10. The molecule has 4 amide bonds. The average molecular weight is 577 g/mol. The van der Waals surface area contributed by atoms with E-state index in [0.717, 1.165) is 33.6 Å². The topological polar surface area (TPSA) is 84.9 Å². The number of ether oxygens (including phenoxy) is 2. The van der Waals surface area contributed by atoms with Crippen molar-refractivity contribution in [2.24, 2.45) is 0 Å². The first-order chi connectivity index (χ1) is 18.2. The number of rotatable bonds is 8. The summed E-state index contributed by atoms with van der Waals surface area (Å²) >= 11 is 3.55. The molecule has 0 atom stereocenters. The predicted octanol–water partition coefficient (Wildman–Crippen LogP) is 6.27. The molecule has 0 unspecified atom stereocenters. The van der Waals surface area contributed by atoms with E-state index in [9.17, 15) is 14.4 Å². The fourth-order valence-corrected chi connectivity index (χ4v) is 4.90. The van der Waals surface area contributed by atoms with Crippen LogP contribution < -0.4 is 19.7 Å². The van der Waals surface area contributed by atoms with Crippen LogP contribution in [0.5, 0.6) is 11.5 Å². The summed E-state index contributed by atoms with van der Waals surface area (Å²) in [5, 5.41) is 2.26. The Balaban J connectivity index is 1.65. The number of hydrogen-bond acceptors (Lipinski definition) is 5. The highest BCUT2D eigenvalue weighted by Gasteiger charge is 2.36. The normalized spacial score (nSPS) is 14.6. The molecule has 0 bridgehead atoms. The van der Waals surface area contributed by atoms with Gasteiger partial charge in [-0.25, -0.2) is 9.69 Å². The van der Waals surface area contributed by atoms with E-state index >= 15 is 0 Å². The van der Waals surface area contributed by atoms with Crippen molar-refractivity contribution in [1.82, 2.24) is 5.32 Å². The Labute approximate surface area is 230 Å². The lowest BCUT2D eigenvalue weighted by Crippen LogP contribution is -2.54. The molecule has 3 aromatic carbocycles. The third-order valence-corrected chi connectivity index (χ3v) is 6.60. The molecule has 1 heterocycles. The number of amides is 4. The molecule has 38 heavy (non-hydrogen) atoms. The van der Waals surface area contributed by atoms with Crippen LogP contribution in [0.4, 0.5) is 10.5 Å². The number of hydrogen-bond donors (Lipinski definition) is 1. The van der Waals surface area contributed by atoms with Crippen molar-refractivity contribution >= 4 is 45.5 Å². The zero-order valence-corrected chi connectivity index (χ0v) is 23.3. The van der Waals surface area contributed by atoms with Crippen molar-refractivity contribution in [3.8, 4) is 11.5 Å². The van der Waals surface area contributed by atoms with Crippen molar-refractivity contribution < 1.29 is 23.9 Å². The van der Waals surface area contributed by atoms with Gasteiger partial charge in [-0.3, -0.25) is 14.9 Å². The number of anilines is 1. The quantitative estimate of drug-likeness (QED) is 0.252. The molecule has 0 radical (unpaired) electrons. The summed E-state index contributed by atoms with van der Waals surface area (Å²) in [7, 11) is 0. The van der Waals surface area contributed by atoms with Crippen LogP contribution in [-0.4, -0.2) is 24.5 Å². The SMILES string of the molecule is CCOc1cc(/C=C2\C(=O)NC(=O)N(c3ccc(CC)cc3)C2=O)cc(Br)c1OCc1cc(C)cc(C)c1. The first-order valence-corrected chi connectivity index (χ1v) is 13.2. The second-order valence-corrected chi connectivity index (χ2v) is 9.88. The van der Waals surface area contributed by atoms with E-state index in [1.165, 1.54) is 6.08 Å². The zero-order valence-electron chi connectivity index (χ0n) is 21.8. The van der Waals surface area contributed by atoms with Crippen LogP contribution in [0.15, 0.2) is 64.6 Å². The van der Waals surface area contributed by atoms with E-state index < -0.39 is 17.8 Å². The van der Waals surface area contributed by atoms with Crippen LogP contribution in [0.1, 0.15) is 41.7 Å². The monoisotopic (exact) mass is 576 g/mol. The zero-order chi connectivity index (χ0) is 27.4. The lowest BCUT2D eigenvalue weighted by molar-refractivity contribution is -0.122. The first kappa shape index (κ1) is 27.1. The smallest absolute Gasteiger partial charge is 0.335 e. The fourth-order valence-electron chi connectivity index (χ4n) is 4.32. The number of urea groups is 1. The number of halogens is 1. The minimum atomic E-state index is -0.785. The van der Waals surface area contributed by atoms with Crippen molar-refractivity contribution in [3.05, 3.63) is 92.5 Å². The van der Waals surface area contributed by atoms with Gasteiger partial charge in [-0.2, -0.15) is 0 Å². The highest BCUT2D eigenvalue weighted by atomic mass is 79.9. The fraction of sp³-hybridized carbons (Fsp3) is 0.233. The molecule has 196 valence electrons. The molecule has 1 aliphatic heterocycles. The Morgan fingerprint density at radius 3 is 2.21 bits per heavy atom. The largest absolute Gasteiger partial charge is 0.490 e. The lowest BCUT2D eigenvalue weighted by Gasteiger charge is -2.26. The Kier molecular flexibility index (Phi) is 8.32. The summed E-state index contributed by atoms with van der Waals surface area (Å²) in [4.78, 5) is 39.5. The summed E-state index contributed by atoms with van der Waals surface area (Å²) in [5.41, 5.74) is 5.16. The Hall–Kier alpha value is -3.91. The molecule has 1 aliphatic rings. The molecule has 0 aliphatic carbocycles. The molecule has 4 rings (SSSR count). The summed E-state index contributed by atoms with van der Waals surface area (Å²) in [6, 6.07) is 16.0. The van der Waals surface area contributed by atoms with Gasteiger partial charge in [0.15, 0.2) is 11.5 Å². The van der Waals surface area contributed by atoms with Gasteiger partial charge < -0.3 is 9.47 Å². The van der Waals surface area contributed by atoms with Gasteiger partial charge in [-0.15, -0.1) is 0 Å². The van der Waals surface area contributed by atoms with Crippen molar-refractivity contribution in [2.45, 2.75) is 40.7 Å². The highest BCUT2D eigenvalue weighted by Crippen LogP contribution is 2.38. The van der Waals surface area contributed by atoms with E-state index in [1.54, 1.807) is 24.3 Å². The number of carbonyl (C=O) groups excluding carboxylic acids is 3. The molecule has 0 saturated carbocycles. The third kappa shape index (κ3) is 5.97. The number of nitrogens with zero attached hydrogens (tertiary/aromatic N) is 1. The van der Waals surface area contributed by atoms with Crippen LogP contribution in [0.2, 0.25) is 0 Å².